The molecule has 33 heavy (non-hydrogen) atoms. The molecule has 0 fully saturated rings. The summed E-state index contributed by atoms with van der Waals surface area (Å²) in [5.74, 6) is 1.80. The van der Waals surface area contributed by atoms with Crippen LogP contribution in [0.2, 0.25) is 0 Å². The van der Waals surface area contributed by atoms with E-state index >= 15 is 0 Å². The van der Waals surface area contributed by atoms with Crippen molar-refractivity contribution in [1.82, 2.24) is 4.41 Å². The van der Waals surface area contributed by atoms with E-state index in [1.165, 1.54) is 4.41 Å². The van der Waals surface area contributed by atoms with Crippen LogP contribution in [0.15, 0.2) is 76.7 Å². The van der Waals surface area contributed by atoms with Gasteiger partial charge in [0.1, 0.15) is 17.2 Å². The number of hydrogen-bond donors (Lipinski definition) is 0. The van der Waals surface area contributed by atoms with Gasteiger partial charge in [-0.1, -0.05) is 35.9 Å². The predicted octanol–water partition coefficient (Wildman–Crippen LogP) is 4.56. The summed E-state index contributed by atoms with van der Waals surface area (Å²) in [6.45, 7) is 1.91. The summed E-state index contributed by atoms with van der Waals surface area (Å²) in [7, 11) is 0.789. The molecule has 0 aromatic heterocycles. The van der Waals surface area contributed by atoms with Crippen molar-refractivity contribution in [1.29, 1.82) is 0 Å². The first-order valence-corrected chi connectivity index (χ1v) is 11.9. The summed E-state index contributed by atoms with van der Waals surface area (Å²) >= 11 is 0. The minimum Gasteiger partial charge on any atom is -0.497 e. The van der Waals surface area contributed by atoms with E-state index in [9.17, 15) is 8.42 Å². The number of nitrogens with zero attached hydrogens (tertiary/aromatic N) is 2. The highest BCUT2D eigenvalue weighted by atomic mass is 32.2. The molecule has 172 valence electrons. The van der Waals surface area contributed by atoms with Crippen LogP contribution in [0.4, 0.5) is 0 Å². The van der Waals surface area contributed by atoms with Crippen LogP contribution in [0.5, 0.6) is 17.2 Å². The van der Waals surface area contributed by atoms with E-state index in [4.69, 9.17) is 14.2 Å². The van der Waals surface area contributed by atoms with Gasteiger partial charge in [0, 0.05) is 23.6 Å². The topological polar surface area (TPSA) is 77.4 Å². The molecule has 3 aromatic carbocycles. The molecule has 0 saturated heterocycles. The van der Waals surface area contributed by atoms with E-state index in [1.54, 1.807) is 51.7 Å². The molecule has 0 radical (unpaired) electrons. The molecule has 3 aromatic rings. The van der Waals surface area contributed by atoms with Gasteiger partial charge in [-0.15, -0.1) is 0 Å². The summed E-state index contributed by atoms with van der Waals surface area (Å²) in [6.07, 6.45) is 0.363. The largest absolute Gasteiger partial charge is 0.497 e. The third-order valence-electron chi connectivity index (χ3n) is 5.62. The Balaban J connectivity index is 1.85. The number of methoxy groups -OCH3 is 3. The highest BCUT2D eigenvalue weighted by Crippen LogP contribution is 2.41. The lowest BCUT2D eigenvalue weighted by Crippen LogP contribution is -2.27. The first-order chi connectivity index (χ1) is 15.9. The van der Waals surface area contributed by atoms with E-state index in [1.807, 2.05) is 43.3 Å². The molecule has 0 spiro atoms. The van der Waals surface area contributed by atoms with Gasteiger partial charge in [-0.2, -0.15) is 17.9 Å². The van der Waals surface area contributed by atoms with Gasteiger partial charge in [-0.05, 0) is 37.3 Å². The zero-order valence-electron chi connectivity index (χ0n) is 19.0. The van der Waals surface area contributed by atoms with Crippen LogP contribution >= 0.6 is 0 Å². The first kappa shape index (κ1) is 22.7. The maximum Gasteiger partial charge on any atom is 0.279 e. The van der Waals surface area contributed by atoms with E-state index in [0.29, 0.717) is 29.4 Å². The molecule has 1 aliphatic rings. The molecule has 0 saturated carbocycles. The van der Waals surface area contributed by atoms with E-state index < -0.39 is 16.1 Å². The molecule has 0 aliphatic carbocycles. The SMILES string of the molecule is COc1cc(OC)cc(C2=NN(S(=O)(=O)c3ccc(C)cc3)[C@H](c3ccccc3OC)C2)c1. The van der Waals surface area contributed by atoms with Crippen molar-refractivity contribution in [3.05, 3.63) is 83.4 Å². The summed E-state index contributed by atoms with van der Waals surface area (Å²) in [6, 6.07) is 19.0. The zero-order valence-corrected chi connectivity index (χ0v) is 19.8. The lowest BCUT2D eigenvalue weighted by Gasteiger charge is -2.24. The molecule has 4 rings (SSSR count). The van der Waals surface area contributed by atoms with Gasteiger partial charge < -0.3 is 14.2 Å². The van der Waals surface area contributed by atoms with Crippen LogP contribution < -0.4 is 14.2 Å². The maximum atomic E-state index is 13.7. The first-order valence-electron chi connectivity index (χ1n) is 10.4. The van der Waals surface area contributed by atoms with Crippen molar-refractivity contribution in [2.24, 2.45) is 5.10 Å². The second kappa shape index (κ2) is 9.15. The molecular weight excluding hydrogens is 440 g/mol. The maximum absolute atomic E-state index is 13.7. The molecule has 0 amide bonds. The Morgan fingerprint density at radius 1 is 0.879 bits per heavy atom. The van der Waals surface area contributed by atoms with E-state index in [2.05, 4.69) is 5.10 Å². The van der Waals surface area contributed by atoms with Gasteiger partial charge >= 0.3 is 0 Å². The highest BCUT2D eigenvalue weighted by molar-refractivity contribution is 7.89. The zero-order chi connectivity index (χ0) is 23.6. The third-order valence-corrected chi connectivity index (χ3v) is 7.32. The van der Waals surface area contributed by atoms with Crippen LogP contribution in [-0.2, 0) is 10.0 Å². The molecule has 1 aliphatic heterocycles. The summed E-state index contributed by atoms with van der Waals surface area (Å²) in [4.78, 5) is 0.182. The standard InChI is InChI=1S/C25H26N2O5S/c1-17-9-11-21(12-10-17)33(28,29)27-24(22-7-5-6-8-25(22)32-4)16-23(26-27)18-13-19(30-2)15-20(14-18)31-3/h5-15,24H,16H2,1-4H3/t24-/m0/s1. The number of aryl methyl sites for hydroxylation is 1. The Bertz CT molecular complexity index is 1260. The number of hydrazone groups is 1. The Kier molecular flexibility index (Phi) is 6.29. The average molecular weight is 467 g/mol. The van der Waals surface area contributed by atoms with Gasteiger partial charge in [-0.3, -0.25) is 0 Å². The quantitative estimate of drug-likeness (QED) is 0.510. The molecule has 1 atom stereocenters. The smallest absolute Gasteiger partial charge is 0.279 e. The molecule has 0 unspecified atom stereocenters. The normalized spacial score (nSPS) is 15.8. The number of benzene rings is 3. The second-order valence-corrected chi connectivity index (χ2v) is 9.50. The van der Waals surface area contributed by atoms with Crippen molar-refractivity contribution in [2.45, 2.75) is 24.3 Å². The molecule has 8 heteroatoms. The number of para-hydroxylation sites is 1. The van der Waals surface area contributed by atoms with Crippen LogP contribution in [0.3, 0.4) is 0 Å². The Hall–Kier alpha value is -3.52. The number of rotatable bonds is 7. The Morgan fingerprint density at radius 2 is 1.52 bits per heavy atom. The summed E-state index contributed by atoms with van der Waals surface area (Å²) in [5, 5.41) is 4.61. The van der Waals surface area contributed by atoms with Gasteiger partial charge in [0.15, 0.2) is 0 Å². The Morgan fingerprint density at radius 3 is 2.12 bits per heavy atom. The lowest BCUT2D eigenvalue weighted by molar-refractivity contribution is 0.350. The van der Waals surface area contributed by atoms with Crippen LogP contribution in [0.25, 0.3) is 0 Å². The molecule has 0 bridgehead atoms. The summed E-state index contributed by atoms with van der Waals surface area (Å²) < 4.78 is 44.9. The highest BCUT2D eigenvalue weighted by Gasteiger charge is 2.39. The van der Waals surface area contributed by atoms with Crippen molar-refractivity contribution in [2.75, 3.05) is 21.3 Å². The van der Waals surface area contributed by atoms with E-state index in [0.717, 1.165) is 16.7 Å². The van der Waals surface area contributed by atoms with Crippen molar-refractivity contribution >= 4 is 15.7 Å². The van der Waals surface area contributed by atoms with Crippen LogP contribution in [0.1, 0.15) is 29.2 Å². The van der Waals surface area contributed by atoms with Crippen molar-refractivity contribution in [3.8, 4) is 17.2 Å². The van der Waals surface area contributed by atoms with Gasteiger partial charge in [0.2, 0.25) is 0 Å². The van der Waals surface area contributed by atoms with E-state index in [-0.39, 0.29) is 4.90 Å². The lowest BCUT2D eigenvalue weighted by atomic mass is 9.98. The molecule has 0 N–H and O–H groups in total. The average Bonchev–Trinajstić information content (AvgIpc) is 3.30. The third kappa shape index (κ3) is 4.39. The predicted molar refractivity (Wildman–Crippen MR) is 127 cm³/mol. The van der Waals surface area contributed by atoms with Crippen LogP contribution in [0, 0.1) is 6.92 Å². The van der Waals surface area contributed by atoms with Gasteiger partial charge in [0.05, 0.1) is 38.0 Å². The molecular formula is C25H26N2O5S. The number of sulfonamides is 1. The number of ether oxygens (including phenoxy) is 3. The van der Waals surface area contributed by atoms with Crippen molar-refractivity contribution in [3.63, 3.8) is 0 Å². The number of hydrogen-bond acceptors (Lipinski definition) is 6. The van der Waals surface area contributed by atoms with Crippen molar-refractivity contribution < 1.29 is 22.6 Å². The van der Waals surface area contributed by atoms with Crippen LogP contribution in [-0.4, -0.2) is 39.9 Å². The summed E-state index contributed by atoms with van der Waals surface area (Å²) in [5.41, 5.74) is 3.06. The second-order valence-electron chi connectivity index (χ2n) is 7.70. The molecule has 7 nitrogen and oxygen atoms in total. The fraction of sp³-hybridized carbons (Fsp3) is 0.240. The minimum absolute atomic E-state index is 0.182. The Labute approximate surface area is 194 Å². The fourth-order valence-electron chi connectivity index (χ4n) is 3.85. The van der Waals surface area contributed by atoms with Gasteiger partial charge in [-0.25, -0.2) is 0 Å². The monoisotopic (exact) mass is 466 g/mol. The van der Waals surface area contributed by atoms with Gasteiger partial charge in [0.25, 0.3) is 10.0 Å². The molecule has 1 heterocycles. The fourth-order valence-corrected chi connectivity index (χ4v) is 5.28. The minimum atomic E-state index is -3.92.